The average molecular weight is 254 g/mol. The standard InChI is InChI=1S/C13H8Cl2F/c14-11-3-1-2-9(7-11)6-10-4-5-12(15)13(16)8-10/h1,3-5,7-8H,6H2. The molecule has 0 aliphatic heterocycles. The predicted octanol–water partition coefficient (Wildman–Crippen LogP) is 4.52. The van der Waals surface area contributed by atoms with Crippen molar-refractivity contribution in [2.24, 2.45) is 0 Å². The Morgan fingerprint density at radius 1 is 1.12 bits per heavy atom. The molecule has 2 aromatic rings. The summed E-state index contributed by atoms with van der Waals surface area (Å²) in [5.74, 6) is -0.402. The van der Waals surface area contributed by atoms with Crippen LogP contribution in [0.1, 0.15) is 11.1 Å². The number of hydrogen-bond acceptors (Lipinski definition) is 0. The fraction of sp³-hybridized carbons (Fsp3) is 0.0769. The third kappa shape index (κ3) is 2.75. The third-order valence-electron chi connectivity index (χ3n) is 2.20. The minimum Gasteiger partial charge on any atom is -0.205 e. The molecule has 0 aromatic heterocycles. The van der Waals surface area contributed by atoms with E-state index < -0.39 is 5.82 Å². The zero-order valence-electron chi connectivity index (χ0n) is 8.31. The zero-order chi connectivity index (χ0) is 11.5. The first-order valence-electron chi connectivity index (χ1n) is 4.75. The largest absolute Gasteiger partial charge is 0.205 e. The minimum atomic E-state index is -0.402. The van der Waals surface area contributed by atoms with Crippen molar-refractivity contribution < 1.29 is 4.39 Å². The van der Waals surface area contributed by atoms with Crippen LogP contribution in [0, 0.1) is 11.9 Å². The first-order chi connectivity index (χ1) is 7.65. The minimum absolute atomic E-state index is 0.138. The highest BCUT2D eigenvalue weighted by molar-refractivity contribution is 6.31. The van der Waals surface area contributed by atoms with E-state index in [1.165, 1.54) is 6.07 Å². The van der Waals surface area contributed by atoms with Crippen LogP contribution in [0.5, 0.6) is 0 Å². The summed E-state index contributed by atoms with van der Waals surface area (Å²) in [6, 6.07) is 13.1. The van der Waals surface area contributed by atoms with E-state index >= 15 is 0 Å². The molecular formula is C13H8Cl2F. The van der Waals surface area contributed by atoms with Crippen LogP contribution < -0.4 is 0 Å². The summed E-state index contributed by atoms with van der Waals surface area (Å²) < 4.78 is 13.2. The zero-order valence-corrected chi connectivity index (χ0v) is 9.82. The van der Waals surface area contributed by atoms with Crippen molar-refractivity contribution in [3.63, 3.8) is 0 Å². The van der Waals surface area contributed by atoms with Crippen molar-refractivity contribution in [2.45, 2.75) is 6.42 Å². The maximum Gasteiger partial charge on any atom is 0.142 e. The average Bonchev–Trinajstić information content (AvgIpc) is 2.24. The van der Waals surface area contributed by atoms with Crippen LogP contribution in [0.3, 0.4) is 0 Å². The Labute approximate surface area is 104 Å². The molecule has 0 saturated heterocycles. The fourth-order valence-corrected chi connectivity index (χ4v) is 1.77. The summed E-state index contributed by atoms with van der Waals surface area (Å²) in [4.78, 5) is 0. The van der Waals surface area contributed by atoms with Gasteiger partial charge in [0.2, 0.25) is 0 Å². The highest BCUT2D eigenvalue weighted by atomic mass is 35.5. The van der Waals surface area contributed by atoms with Crippen LogP contribution in [0.25, 0.3) is 0 Å². The maximum absolute atomic E-state index is 13.2. The van der Waals surface area contributed by atoms with E-state index in [4.69, 9.17) is 23.2 Å². The van der Waals surface area contributed by atoms with Gasteiger partial charge in [-0.3, -0.25) is 0 Å². The van der Waals surface area contributed by atoms with Gasteiger partial charge in [-0.15, -0.1) is 0 Å². The molecule has 0 heterocycles. The van der Waals surface area contributed by atoms with Crippen molar-refractivity contribution >= 4 is 23.2 Å². The lowest BCUT2D eigenvalue weighted by Gasteiger charge is -2.03. The Morgan fingerprint density at radius 3 is 2.62 bits per heavy atom. The molecule has 0 saturated carbocycles. The van der Waals surface area contributed by atoms with Crippen molar-refractivity contribution in [1.82, 2.24) is 0 Å². The second-order valence-corrected chi connectivity index (χ2v) is 4.30. The molecule has 0 atom stereocenters. The van der Waals surface area contributed by atoms with Crippen molar-refractivity contribution in [2.75, 3.05) is 0 Å². The topological polar surface area (TPSA) is 0 Å². The third-order valence-corrected chi connectivity index (χ3v) is 2.74. The summed E-state index contributed by atoms with van der Waals surface area (Å²) in [5.41, 5.74) is 1.77. The normalized spacial score (nSPS) is 10.4. The van der Waals surface area contributed by atoms with E-state index in [-0.39, 0.29) is 5.02 Å². The molecule has 1 radical (unpaired) electrons. The van der Waals surface area contributed by atoms with Crippen LogP contribution in [0.15, 0.2) is 36.4 Å². The first-order valence-corrected chi connectivity index (χ1v) is 5.51. The molecule has 0 amide bonds. The molecule has 16 heavy (non-hydrogen) atoms. The lowest BCUT2D eigenvalue weighted by molar-refractivity contribution is 0.626. The Kier molecular flexibility index (Phi) is 3.47. The van der Waals surface area contributed by atoms with Gasteiger partial charge in [-0.25, -0.2) is 4.39 Å². The van der Waals surface area contributed by atoms with Gasteiger partial charge >= 0.3 is 0 Å². The monoisotopic (exact) mass is 253 g/mol. The Hall–Kier alpha value is -1.05. The van der Waals surface area contributed by atoms with Gasteiger partial charge in [0.25, 0.3) is 0 Å². The highest BCUT2D eigenvalue weighted by Crippen LogP contribution is 2.19. The number of halogens is 3. The Bertz CT molecular complexity index is 509. The molecule has 0 unspecified atom stereocenters. The fourth-order valence-electron chi connectivity index (χ4n) is 1.46. The molecule has 0 nitrogen and oxygen atoms in total. The van der Waals surface area contributed by atoms with Crippen LogP contribution >= 0.6 is 23.2 Å². The van der Waals surface area contributed by atoms with Gasteiger partial charge < -0.3 is 0 Å². The summed E-state index contributed by atoms with van der Waals surface area (Å²) in [6.07, 6.45) is 0.592. The van der Waals surface area contributed by atoms with Crippen LogP contribution in [0.4, 0.5) is 4.39 Å². The molecule has 2 rings (SSSR count). The number of hydrogen-bond donors (Lipinski definition) is 0. The highest BCUT2D eigenvalue weighted by Gasteiger charge is 2.02. The summed E-state index contributed by atoms with van der Waals surface area (Å²) in [5, 5.41) is 0.794. The second kappa shape index (κ2) is 4.86. The Balaban J connectivity index is 2.24. The van der Waals surface area contributed by atoms with Gasteiger partial charge in [-0.1, -0.05) is 35.3 Å². The van der Waals surface area contributed by atoms with Gasteiger partial charge in [-0.05, 0) is 47.9 Å². The van der Waals surface area contributed by atoms with E-state index in [0.717, 1.165) is 11.1 Å². The van der Waals surface area contributed by atoms with Crippen LogP contribution in [-0.2, 0) is 6.42 Å². The number of rotatable bonds is 2. The molecular weight excluding hydrogens is 246 g/mol. The van der Waals surface area contributed by atoms with E-state index in [1.54, 1.807) is 24.3 Å². The Morgan fingerprint density at radius 2 is 1.94 bits per heavy atom. The summed E-state index contributed by atoms with van der Waals surface area (Å²) >= 11 is 11.5. The summed E-state index contributed by atoms with van der Waals surface area (Å²) in [7, 11) is 0. The second-order valence-electron chi connectivity index (χ2n) is 3.46. The van der Waals surface area contributed by atoms with E-state index in [9.17, 15) is 4.39 Å². The number of benzene rings is 2. The lowest BCUT2D eigenvalue weighted by Crippen LogP contribution is -1.90. The first kappa shape index (κ1) is 11.4. The molecule has 81 valence electrons. The van der Waals surface area contributed by atoms with Gasteiger partial charge in [0.05, 0.1) is 5.02 Å². The maximum atomic E-state index is 13.2. The molecule has 0 fully saturated rings. The van der Waals surface area contributed by atoms with E-state index in [2.05, 4.69) is 6.07 Å². The van der Waals surface area contributed by atoms with Gasteiger partial charge in [0.15, 0.2) is 0 Å². The molecule has 0 bridgehead atoms. The molecule has 2 aromatic carbocycles. The van der Waals surface area contributed by atoms with Crippen molar-refractivity contribution in [3.8, 4) is 0 Å². The molecule has 0 N–H and O–H groups in total. The van der Waals surface area contributed by atoms with Crippen LogP contribution in [0.2, 0.25) is 10.0 Å². The van der Waals surface area contributed by atoms with Gasteiger partial charge in [0.1, 0.15) is 5.82 Å². The van der Waals surface area contributed by atoms with Crippen molar-refractivity contribution in [1.29, 1.82) is 0 Å². The molecule has 3 heteroatoms. The van der Waals surface area contributed by atoms with E-state index in [0.29, 0.717) is 11.4 Å². The smallest absolute Gasteiger partial charge is 0.142 e. The quantitative estimate of drug-likeness (QED) is 0.738. The lowest BCUT2D eigenvalue weighted by atomic mass is 10.1. The van der Waals surface area contributed by atoms with Crippen LogP contribution in [-0.4, -0.2) is 0 Å². The SMILES string of the molecule is Fc1cc(Cc2[c]ccc(Cl)c2)ccc1Cl. The molecule has 0 aliphatic carbocycles. The van der Waals surface area contributed by atoms with E-state index in [1.807, 2.05) is 6.07 Å². The predicted molar refractivity (Wildman–Crippen MR) is 64.5 cm³/mol. The molecule has 0 spiro atoms. The van der Waals surface area contributed by atoms with Gasteiger partial charge in [0, 0.05) is 5.02 Å². The van der Waals surface area contributed by atoms with Gasteiger partial charge in [-0.2, -0.15) is 0 Å². The molecule has 0 aliphatic rings. The van der Waals surface area contributed by atoms with Crippen molar-refractivity contribution in [3.05, 3.63) is 69.5 Å². The summed E-state index contributed by atoms with van der Waals surface area (Å²) in [6.45, 7) is 0.